The van der Waals surface area contributed by atoms with E-state index in [0.29, 0.717) is 0 Å². The van der Waals surface area contributed by atoms with Gasteiger partial charge in [-0.05, 0) is 0 Å². The van der Waals surface area contributed by atoms with Crippen LogP contribution in [0, 0.1) is 0 Å². The number of nitrogens with zero attached hydrogens (tertiary/aromatic N) is 1. The van der Waals surface area contributed by atoms with Gasteiger partial charge in [0.1, 0.15) is 0 Å². The van der Waals surface area contributed by atoms with E-state index < -0.39 is 13.7 Å². The van der Waals surface area contributed by atoms with E-state index in [1.165, 1.54) is 11.1 Å². The summed E-state index contributed by atoms with van der Waals surface area (Å²) in [5.74, 6) is 0. The second-order valence-corrected chi connectivity index (χ2v) is 8.91. The van der Waals surface area contributed by atoms with E-state index in [-0.39, 0.29) is 0 Å². The fourth-order valence-corrected chi connectivity index (χ4v) is 5.80. The molecule has 0 spiro atoms. The second kappa shape index (κ2) is 4.46. The van der Waals surface area contributed by atoms with Crippen molar-refractivity contribution >= 4 is 57.8 Å². The summed E-state index contributed by atoms with van der Waals surface area (Å²) in [7, 11) is 6.19. The molecule has 0 bridgehead atoms. The summed E-state index contributed by atoms with van der Waals surface area (Å²) < 4.78 is 7.93. The van der Waals surface area contributed by atoms with Crippen molar-refractivity contribution in [3.63, 3.8) is 0 Å². The van der Waals surface area contributed by atoms with E-state index in [1.807, 2.05) is 0 Å². The van der Waals surface area contributed by atoms with Gasteiger partial charge in [-0.15, -0.1) is 0 Å². The van der Waals surface area contributed by atoms with Gasteiger partial charge in [-0.2, -0.15) is 0 Å². The van der Waals surface area contributed by atoms with E-state index in [1.54, 1.807) is 22.7 Å². The van der Waals surface area contributed by atoms with Gasteiger partial charge in [-0.3, -0.25) is 0 Å². The van der Waals surface area contributed by atoms with Crippen LogP contribution in [0.5, 0.6) is 0 Å². The Labute approximate surface area is 110 Å². The van der Waals surface area contributed by atoms with Gasteiger partial charge in [0.25, 0.3) is 0 Å². The molecule has 3 heterocycles. The molecule has 0 radical (unpaired) electrons. The Hall–Kier alpha value is -0.412. The average Bonchev–Trinajstić information content (AvgIpc) is 2.98. The van der Waals surface area contributed by atoms with Crippen LogP contribution in [0.15, 0.2) is 37.5 Å². The first-order valence-corrected chi connectivity index (χ1v) is 11.3. The monoisotopic (exact) mass is 330 g/mol. The van der Waals surface area contributed by atoms with E-state index in [9.17, 15) is 0 Å². The number of halogens is 1. The van der Waals surface area contributed by atoms with E-state index >= 15 is 0 Å². The molecule has 16 heavy (non-hydrogen) atoms. The summed E-state index contributed by atoms with van der Waals surface area (Å²) in [6.45, 7) is 0. The number of thiophene rings is 2. The molecule has 0 aliphatic carbocycles. The second-order valence-electron chi connectivity index (χ2n) is 3.28. The Morgan fingerprint density at radius 1 is 1.12 bits per heavy atom. The quantitative estimate of drug-likeness (QED) is 0.838. The van der Waals surface area contributed by atoms with Gasteiger partial charge in [0.2, 0.25) is 0 Å². The first-order valence-electron chi connectivity index (χ1n) is 4.65. The van der Waals surface area contributed by atoms with Crippen molar-refractivity contribution in [3.8, 4) is 0 Å². The summed E-state index contributed by atoms with van der Waals surface area (Å²) in [4.78, 5) is 0. The van der Waals surface area contributed by atoms with Crippen LogP contribution in [-0.2, 0) is 0 Å². The van der Waals surface area contributed by atoms with E-state index in [0.717, 1.165) is 11.4 Å². The molecule has 3 rings (SSSR count). The molecule has 1 atom stereocenters. The normalized spacial score (nSPS) is 19.7. The third kappa shape index (κ3) is 1.91. The van der Waals surface area contributed by atoms with Crippen LogP contribution in [0.3, 0.4) is 0 Å². The van der Waals surface area contributed by atoms with Gasteiger partial charge in [-0.1, -0.05) is 0 Å². The molecular weight excluding hydrogens is 323 g/mol. The SMILES string of the molecule is Cl[AsH]1=NC(c2ccsc2)=C(c2ccsc2)N1. The third-order valence-electron chi connectivity index (χ3n) is 2.28. The van der Waals surface area contributed by atoms with Crippen LogP contribution in [0.25, 0.3) is 11.4 Å². The summed E-state index contributed by atoms with van der Waals surface area (Å²) in [6.07, 6.45) is 0. The Morgan fingerprint density at radius 3 is 2.44 bits per heavy atom. The van der Waals surface area contributed by atoms with Crippen LogP contribution in [-0.4, -0.2) is 13.7 Å². The summed E-state index contributed by atoms with van der Waals surface area (Å²) >= 11 is 1.44. The molecule has 1 unspecified atom stereocenters. The number of nitrogens with one attached hydrogen (secondary N) is 1. The van der Waals surface area contributed by atoms with Crippen LogP contribution >= 0.6 is 32.6 Å². The van der Waals surface area contributed by atoms with Crippen LogP contribution in [0.2, 0.25) is 0 Å². The molecule has 2 aromatic rings. The van der Waals surface area contributed by atoms with Crippen molar-refractivity contribution in [2.45, 2.75) is 0 Å². The molecular formula is C10H8AsClN2S2. The molecule has 0 aromatic carbocycles. The van der Waals surface area contributed by atoms with Gasteiger partial charge in [0.05, 0.1) is 0 Å². The Kier molecular flexibility index (Phi) is 2.99. The van der Waals surface area contributed by atoms with Gasteiger partial charge < -0.3 is 0 Å². The molecule has 1 aliphatic heterocycles. The fourth-order valence-electron chi connectivity index (χ4n) is 1.57. The molecule has 0 amide bonds. The predicted molar refractivity (Wildman–Crippen MR) is 74.0 cm³/mol. The van der Waals surface area contributed by atoms with Gasteiger partial charge in [-0.25, -0.2) is 0 Å². The van der Waals surface area contributed by atoms with Crippen molar-refractivity contribution in [1.82, 2.24) is 4.23 Å². The molecule has 0 saturated heterocycles. The van der Waals surface area contributed by atoms with E-state index in [2.05, 4.69) is 41.7 Å². The average molecular weight is 331 g/mol. The molecule has 6 heteroatoms. The molecule has 2 aromatic heterocycles. The number of rotatable bonds is 2. The van der Waals surface area contributed by atoms with E-state index in [4.69, 9.17) is 9.95 Å². The molecule has 1 aliphatic rings. The zero-order chi connectivity index (χ0) is 11.0. The molecule has 0 fully saturated rings. The van der Waals surface area contributed by atoms with Crippen LogP contribution in [0.1, 0.15) is 11.1 Å². The molecule has 2 nitrogen and oxygen atoms in total. The first kappa shape index (κ1) is 10.7. The number of hydrogen-bond donors (Lipinski definition) is 1. The minimum atomic E-state index is -1.94. The summed E-state index contributed by atoms with van der Waals surface area (Å²) in [5, 5.41) is 8.37. The van der Waals surface area contributed by atoms with Crippen LogP contribution in [0.4, 0.5) is 0 Å². The van der Waals surface area contributed by atoms with Gasteiger partial charge in [0.15, 0.2) is 0 Å². The minimum absolute atomic E-state index is 1.03. The summed E-state index contributed by atoms with van der Waals surface area (Å²) in [6, 6.07) is 4.19. The molecule has 0 saturated carbocycles. The maximum absolute atomic E-state index is 6.19. The molecule has 82 valence electrons. The Bertz CT molecular complexity index is 558. The number of hydrogen-bond acceptors (Lipinski definition) is 4. The zero-order valence-corrected chi connectivity index (χ0v) is 12.6. The predicted octanol–water partition coefficient (Wildman–Crippen LogP) is 3.46. The van der Waals surface area contributed by atoms with Crippen LogP contribution < -0.4 is 4.23 Å². The first-order chi connectivity index (χ1) is 7.84. The van der Waals surface area contributed by atoms with Crippen molar-refractivity contribution < 1.29 is 0 Å². The van der Waals surface area contributed by atoms with Gasteiger partial charge in [0, 0.05) is 0 Å². The standard InChI is InChI=1S/C10H8AsClN2S2/c12-11-13-9(7-1-3-15-5-7)10(14-11)8-2-4-16-6-8/h1-6,11H,(H,13,14). The zero-order valence-electron chi connectivity index (χ0n) is 8.11. The van der Waals surface area contributed by atoms with Crippen molar-refractivity contribution in [2.75, 3.05) is 0 Å². The van der Waals surface area contributed by atoms with Crippen molar-refractivity contribution in [3.05, 3.63) is 44.8 Å². The Morgan fingerprint density at radius 2 is 1.81 bits per heavy atom. The van der Waals surface area contributed by atoms with Crippen molar-refractivity contribution in [1.29, 1.82) is 0 Å². The topological polar surface area (TPSA) is 24.4 Å². The van der Waals surface area contributed by atoms with Gasteiger partial charge >= 0.3 is 111 Å². The fraction of sp³-hybridized carbons (Fsp3) is 0. The molecule has 1 N–H and O–H groups in total. The maximum atomic E-state index is 6.19. The Balaban J connectivity index is 2.12. The van der Waals surface area contributed by atoms with Crippen molar-refractivity contribution in [2.24, 2.45) is 3.86 Å². The summed E-state index contributed by atoms with van der Waals surface area (Å²) in [5.41, 5.74) is 4.49. The third-order valence-corrected chi connectivity index (χ3v) is 6.41.